The fourth-order valence-electron chi connectivity index (χ4n) is 2.63. The molecule has 0 aliphatic rings. The Labute approximate surface area is 177 Å². The molecule has 160 valence electrons. The molecule has 2 aromatic carbocycles. The number of hydrogen-bond acceptors (Lipinski definition) is 4. The second-order valence-corrected chi connectivity index (χ2v) is 7.98. The predicted octanol–water partition coefficient (Wildman–Crippen LogP) is 3.06. The number of nitrogens with one attached hydrogen (secondary N) is 2. The zero-order valence-electron chi connectivity index (χ0n) is 17.8. The van der Waals surface area contributed by atoms with Gasteiger partial charge in [0.1, 0.15) is 6.04 Å². The maximum absolute atomic E-state index is 13.0. The third-order valence-corrected chi connectivity index (χ3v) is 4.41. The van der Waals surface area contributed by atoms with Crippen molar-refractivity contribution in [2.75, 3.05) is 7.11 Å². The number of hydrogen-bond donors (Lipinski definition) is 2. The van der Waals surface area contributed by atoms with Gasteiger partial charge in [-0.2, -0.15) is 0 Å². The quantitative estimate of drug-likeness (QED) is 0.565. The first-order valence-electron chi connectivity index (χ1n) is 9.75. The lowest BCUT2D eigenvalue weighted by Crippen LogP contribution is -2.56. The van der Waals surface area contributed by atoms with Crippen molar-refractivity contribution >= 4 is 17.9 Å². The lowest BCUT2D eigenvalue weighted by Gasteiger charge is -2.29. The molecule has 0 aliphatic heterocycles. The van der Waals surface area contributed by atoms with Crippen molar-refractivity contribution in [3.8, 4) is 0 Å². The molecule has 3 amide bonds. The molecule has 2 N–H and O–H groups in total. The second kappa shape index (κ2) is 10.4. The SMILES string of the molecule is COC(=O)[C@H](Cc1ccccc1)NC(=O)N(Cc1ccccc1)NC(=O)C(C)(C)C. The van der Waals surface area contributed by atoms with Crippen molar-refractivity contribution in [1.29, 1.82) is 0 Å². The Morgan fingerprint density at radius 3 is 1.97 bits per heavy atom. The van der Waals surface area contributed by atoms with Crippen LogP contribution in [-0.2, 0) is 27.3 Å². The molecule has 0 spiro atoms. The Bertz CT molecular complexity index is 848. The van der Waals surface area contributed by atoms with Gasteiger partial charge in [-0.05, 0) is 11.1 Å². The minimum atomic E-state index is -0.894. The van der Waals surface area contributed by atoms with Crippen LogP contribution < -0.4 is 10.7 Å². The van der Waals surface area contributed by atoms with Crippen LogP contribution in [0, 0.1) is 5.41 Å². The van der Waals surface area contributed by atoms with E-state index < -0.39 is 23.5 Å². The van der Waals surface area contributed by atoms with Gasteiger partial charge in [-0.3, -0.25) is 10.2 Å². The van der Waals surface area contributed by atoms with Gasteiger partial charge >= 0.3 is 12.0 Å². The third kappa shape index (κ3) is 6.92. The monoisotopic (exact) mass is 411 g/mol. The van der Waals surface area contributed by atoms with E-state index in [4.69, 9.17) is 4.74 Å². The van der Waals surface area contributed by atoms with Gasteiger partial charge in [0.25, 0.3) is 0 Å². The maximum atomic E-state index is 13.0. The minimum absolute atomic E-state index is 0.147. The van der Waals surface area contributed by atoms with Crippen LogP contribution in [0.1, 0.15) is 31.9 Å². The maximum Gasteiger partial charge on any atom is 0.337 e. The molecule has 1 atom stereocenters. The Hall–Kier alpha value is -3.35. The molecule has 0 radical (unpaired) electrons. The minimum Gasteiger partial charge on any atom is -0.467 e. The molecular weight excluding hydrogens is 382 g/mol. The van der Waals surface area contributed by atoms with E-state index in [0.29, 0.717) is 0 Å². The standard InChI is InChI=1S/C23H29N3O4/c1-23(2,3)21(28)25-26(16-18-13-9-6-10-14-18)22(29)24-19(20(27)30-4)15-17-11-7-5-8-12-17/h5-14,19H,15-16H2,1-4H3,(H,24,29)(H,25,28)/t19-/m0/s1. The summed E-state index contributed by atoms with van der Waals surface area (Å²) >= 11 is 0. The smallest absolute Gasteiger partial charge is 0.337 e. The molecule has 2 rings (SSSR count). The summed E-state index contributed by atoms with van der Waals surface area (Å²) in [4.78, 5) is 37.8. The summed E-state index contributed by atoms with van der Waals surface area (Å²) in [6.45, 7) is 5.42. The third-order valence-electron chi connectivity index (χ3n) is 4.41. The van der Waals surface area contributed by atoms with Crippen LogP contribution in [0.4, 0.5) is 4.79 Å². The van der Waals surface area contributed by atoms with Crippen LogP contribution in [0.25, 0.3) is 0 Å². The molecule has 0 saturated heterocycles. The molecule has 0 unspecified atom stereocenters. The van der Waals surface area contributed by atoms with Crippen molar-refractivity contribution in [3.05, 3.63) is 71.8 Å². The summed E-state index contributed by atoms with van der Waals surface area (Å²) in [6.07, 6.45) is 0.269. The fraction of sp³-hybridized carbons (Fsp3) is 0.348. The number of benzene rings is 2. The van der Waals surface area contributed by atoms with Gasteiger partial charge in [0, 0.05) is 11.8 Å². The van der Waals surface area contributed by atoms with E-state index in [1.165, 1.54) is 12.1 Å². The van der Waals surface area contributed by atoms with Crippen molar-refractivity contribution in [2.24, 2.45) is 5.41 Å². The summed E-state index contributed by atoms with van der Waals surface area (Å²) in [7, 11) is 1.27. The van der Waals surface area contributed by atoms with Crippen LogP contribution in [0.3, 0.4) is 0 Å². The number of ether oxygens (including phenoxy) is 1. The van der Waals surface area contributed by atoms with E-state index in [2.05, 4.69) is 10.7 Å². The van der Waals surface area contributed by atoms with Crippen LogP contribution >= 0.6 is 0 Å². The first-order valence-corrected chi connectivity index (χ1v) is 9.75. The Morgan fingerprint density at radius 2 is 1.47 bits per heavy atom. The molecule has 0 bridgehead atoms. The van der Waals surface area contributed by atoms with Gasteiger partial charge in [-0.1, -0.05) is 81.4 Å². The highest BCUT2D eigenvalue weighted by Gasteiger charge is 2.29. The van der Waals surface area contributed by atoms with E-state index in [1.807, 2.05) is 60.7 Å². The first-order chi connectivity index (χ1) is 14.2. The Kier molecular flexibility index (Phi) is 7.98. The largest absolute Gasteiger partial charge is 0.467 e. The summed E-state index contributed by atoms with van der Waals surface area (Å²) in [5.74, 6) is -0.875. The normalized spacial score (nSPS) is 11.9. The summed E-state index contributed by atoms with van der Waals surface area (Å²) < 4.78 is 4.86. The molecule has 0 aliphatic carbocycles. The first kappa shape index (κ1) is 22.9. The topological polar surface area (TPSA) is 87.7 Å². The lowest BCUT2D eigenvalue weighted by molar-refractivity contribution is -0.142. The number of carbonyl (C=O) groups excluding carboxylic acids is 3. The highest BCUT2D eigenvalue weighted by molar-refractivity contribution is 5.87. The Balaban J connectivity index is 2.20. The Morgan fingerprint density at radius 1 is 0.933 bits per heavy atom. The van der Waals surface area contributed by atoms with E-state index >= 15 is 0 Å². The van der Waals surface area contributed by atoms with Crippen LogP contribution in [0.5, 0.6) is 0 Å². The number of hydrazine groups is 1. The highest BCUT2D eigenvalue weighted by atomic mass is 16.5. The van der Waals surface area contributed by atoms with Gasteiger partial charge < -0.3 is 10.1 Å². The van der Waals surface area contributed by atoms with Crippen molar-refractivity contribution in [3.63, 3.8) is 0 Å². The predicted molar refractivity (Wildman–Crippen MR) is 114 cm³/mol. The molecule has 7 nitrogen and oxygen atoms in total. The van der Waals surface area contributed by atoms with Gasteiger partial charge in [0.05, 0.1) is 13.7 Å². The highest BCUT2D eigenvalue weighted by Crippen LogP contribution is 2.14. The molecule has 0 heterocycles. The summed E-state index contributed by atoms with van der Waals surface area (Å²) in [5.41, 5.74) is 3.68. The van der Waals surface area contributed by atoms with E-state index in [1.54, 1.807) is 20.8 Å². The number of nitrogens with zero attached hydrogens (tertiary/aromatic N) is 1. The van der Waals surface area contributed by atoms with E-state index in [9.17, 15) is 14.4 Å². The summed E-state index contributed by atoms with van der Waals surface area (Å²) in [5, 5.41) is 3.88. The molecule has 2 aromatic rings. The van der Waals surface area contributed by atoms with E-state index in [-0.39, 0.29) is 18.9 Å². The number of amides is 3. The van der Waals surface area contributed by atoms with E-state index in [0.717, 1.165) is 11.1 Å². The number of carbonyl (C=O) groups is 3. The van der Waals surface area contributed by atoms with Crippen LogP contribution in [-0.4, -0.2) is 36.1 Å². The van der Waals surface area contributed by atoms with Crippen LogP contribution in [0.15, 0.2) is 60.7 Å². The average molecular weight is 412 g/mol. The lowest BCUT2D eigenvalue weighted by atomic mass is 9.96. The molecule has 30 heavy (non-hydrogen) atoms. The summed E-state index contributed by atoms with van der Waals surface area (Å²) in [6, 6.07) is 17.1. The second-order valence-electron chi connectivity index (χ2n) is 7.98. The van der Waals surface area contributed by atoms with Gasteiger partial charge in [0.2, 0.25) is 5.91 Å². The zero-order valence-corrected chi connectivity index (χ0v) is 17.8. The van der Waals surface area contributed by atoms with Crippen molar-refractivity contribution < 1.29 is 19.1 Å². The van der Waals surface area contributed by atoms with Crippen molar-refractivity contribution in [2.45, 2.75) is 39.8 Å². The molecule has 0 saturated carbocycles. The van der Waals surface area contributed by atoms with Gasteiger partial charge in [0.15, 0.2) is 0 Å². The average Bonchev–Trinajstić information content (AvgIpc) is 2.72. The molecule has 0 aromatic heterocycles. The van der Waals surface area contributed by atoms with Gasteiger partial charge in [-0.25, -0.2) is 14.6 Å². The molecule has 7 heteroatoms. The van der Waals surface area contributed by atoms with Crippen molar-refractivity contribution in [1.82, 2.24) is 15.8 Å². The molecular formula is C23H29N3O4. The number of rotatable bonds is 6. The van der Waals surface area contributed by atoms with Crippen LogP contribution in [0.2, 0.25) is 0 Å². The zero-order chi connectivity index (χ0) is 22.1. The molecule has 0 fully saturated rings. The fourth-order valence-corrected chi connectivity index (χ4v) is 2.63. The number of esters is 1. The number of urea groups is 1. The van der Waals surface area contributed by atoms with Gasteiger partial charge in [-0.15, -0.1) is 0 Å². The number of methoxy groups -OCH3 is 1.